The fraction of sp³-hybridized carbons (Fsp3) is 0.529. The maximum atomic E-state index is 6.20. The van der Waals surface area contributed by atoms with E-state index in [9.17, 15) is 0 Å². The van der Waals surface area contributed by atoms with E-state index in [1.807, 2.05) is 18.2 Å². The minimum absolute atomic E-state index is 0.225. The molecule has 4 nitrogen and oxygen atoms in total. The van der Waals surface area contributed by atoms with Gasteiger partial charge in [0, 0.05) is 5.92 Å². The second-order valence-corrected chi connectivity index (χ2v) is 6.07. The van der Waals surface area contributed by atoms with Crippen LogP contribution in [0.15, 0.2) is 34.9 Å². The summed E-state index contributed by atoms with van der Waals surface area (Å²) < 4.78 is 5.39. The van der Waals surface area contributed by atoms with Gasteiger partial charge in [0.1, 0.15) is 0 Å². The maximum absolute atomic E-state index is 6.20. The number of hydrogen-bond donors (Lipinski definition) is 1. The van der Waals surface area contributed by atoms with Crippen LogP contribution in [0.25, 0.3) is 0 Å². The zero-order chi connectivity index (χ0) is 14.7. The minimum atomic E-state index is -0.225. The van der Waals surface area contributed by atoms with Crippen molar-refractivity contribution in [1.29, 1.82) is 0 Å². The Kier molecular flexibility index (Phi) is 4.34. The molecule has 1 saturated carbocycles. The first-order valence-electron chi connectivity index (χ1n) is 7.89. The summed E-state index contributed by atoms with van der Waals surface area (Å²) in [6, 6.07) is 9.95. The van der Waals surface area contributed by atoms with Gasteiger partial charge >= 0.3 is 0 Å². The van der Waals surface area contributed by atoms with Crippen molar-refractivity contribution in [2.24, 2.45) is 11.7 Å². The summed E-state index contributed by atoms with van der Waals surface area (Å²) in [6.45, 7) is 2.25. The van der Waals surface area contributed by atoms with Crippen molar-refractivity contribution in [2.75, 3.05) is 0 Å². The largest absolute Gasteiger partial charge is 0.338 e. The van der Waals surface area contributed by atoms with Crippen LogP contribution in [-0.4, -0.2) is 10.1 Å². The van der Waals surface area contributed by atoms with Crippen LogP contribution >= 0.6 is 0 Å². The van der Waals surface area contributed by atoms with E-state index in [2.05, 4.69) is 29.2 Å². The van der Waals surface area contributed by atoms with Crippen molar-refractivity contribution in [3.05, 3.63) is 47.6 Å². The number of benzene rings is 1. The van der Waals surface area contributed by atoms with E-state index in [0.717, 1.165) is 18.2 Å². The van der Waals surface area contributed by atoms with E-state index in [0.29, 0.717) is 11.8 Å². The van der Waals surface area contributed by atoms with E-state index in [-0.39, 0.29) is 6.04 Å². The van der Waals surface area contributed by atoms with Crippen LogP contribution in [0.1, 0.15) is 61.8 Å². The van der Waals surface area contributed by atoms with Gasteiger partial charge in [-0.05, 0) is 37.2 Å². The molecule has 0 radical (unpaired) electrons. The molecule has 3 unspecified atom stereocenters. The summed E-state index contributed by atoms with van der Waals surface area (Å²) in [6.07, 6.45) is 5.61. The number of nitrogens with zero attached hydrogens (tertiary/aromatic N) is 2. The quantitative estimate of drug-likeness (QED) is 0.911. The molecular weight excluding hydrogens is 262 g/mol. The molecule has 4 heteroatoms. The van der Waals surface area contributed by atoms with Crippen molar-refractivity contribution in [3.8, 4) is 0 Å². The fourth-order valence-corrected chi connectivity index (χ4v) is 3.20. The maximum Gasteiger partial charge on any atom is 0.243 e. The predicted octanol–water partition coefficient (Wildman–Crippen LogP) is 3.61. The van der Waals surface area contributed by atoms with E-state index >= 15 is 0 Å². The molecule has 112 valence electrons. The van der Waals surface area contributed by atoms with Gasteiger partial charge < -0.3 is 10.3 Å². The molecule has 3 atom stereocenters. The summed E-state index contributed by atoms with van der Waals surface area (Å²) >= 11 is 0. The summed E-state index contributed by atoms with van der Waals surface area (Å²) in [7, 11) is 0. The Labute approximate surface area is 125 Å². The highest BCUT2D eigenvalue weighted by atomic mass is 16.5. The SMILES string of the molecule is CCC1CCC(c2noc(C(N)Cc3ccccc3)n2)C1. The van der Waals surface area contributed by atoms with Gasteiger partial charge in [0.05, 0.1) is 6.04 Å². The van der Waals surface area contributed by atoms with Crippen LogP contribution in [0.3, 0.4) is 0 Å². The average molecular weight is 285 g/mol. The molecular formula is C17H23N3O. The smallest absolute Gasteiger partial charge is 0.243 e. The molecule has 0 amide bonds. The standard InChI is InChI=1S/C17H23N3O/c1-2-12-8-9-14(10-12)16-19-17(21-20-16)15(18)11-13-6-4-3-5-7-13/h3-7,12,14-15H,2,8-11,18H2,1H3. The second kappa shape index (κ2) is 6.39. The summed E-state index contributed by atoms with van der Waals surface area (Å²) in [5.41, 5.74) is 7.39. The highest BCUT2D eigenvalue weighted by Crippen LogP contribution is 2.38. The Morgan fingerprint density at radius 2 is 2.10 bits per heavy atom. The normalized spacial score (nSPS) is 23.3. The zero-order valence-electron chi connectivity index (χ0n) is 12.5. The first kappa shape index (κ1) is 14.3. The van der Waals surface area contributed by atoms with Gasteiger partial charge in [0.15, 0.2) is 5.82 Å². The van der Waals surface area contributed by atoms with Crippen molar-refractivity contribution in [1.82, 2.24) is 10.1 Å². The first-order chi connectivity index (χ1) is 10.3. The van der Waals surface area contributed by atoms with Crippen molar-refractivity contribution in [2.45, 2.75) is 51.0 Å². The van der Waals surface area contributed by atoms with Crippen LogP contribution in [0.2, 0.25) is 0 Å². The lowest BCUT2D eigenvalue weighted by Crippen LogP contribution is -2.14. The molecule has 1 fully saturated rings. The molecule has 21 heavy (non-hydrogen) atoms. The van der Waals surface area contributed by atoms with E-state index in [1.54, 1.807) is 0 Å². The summed E-state index contributed by atoms with van der Waals surface area (Å²) in [5.74, 6) is 2.68. The number of rotatable bonds is 5. The van der Waals surface area contributed by atoms with Gasteiger partial charge in [-0.2, -0.15) is 4.98 Å². The summed E-state index contributed by atoms with van der Waals surface area (Å²) in [5, 5.41) is 4.16. The Morgan fingerprint density at radius 3 is 2.81 bits per heavy atom. The van der Waals surface area contributed by atoms with Crippen molar-refractivity contribution >= 4 is 0 Å². The van der Waals surface area contributed by atoms with Gasteiger partial charge in [-0.3, -0.25) is 0 Å². The lowest BCUT2D eigenvalue weighted by Gasteiger charge is -2.06. The second-order valence-electron chi connectivity index (χ2n) is 6.07. The third kappa shape index (κ3) is 3.32. The Hall–Kier alpha value is -1.68. The van der Waals surface area contributed by atoms with E-state index in [4.69, 9.17) is 10.3 Å². The Bertz CT molecular complexity index is 566. The molecule has 0 saturated heterocycles. The van der Waals surface area contributed by atoms with Crippen LogP contribution in [0, 0.1) is 5.92 Å². The molecule has 1 aromatic heterocycles. The number of aromatic nitrogens is 2. The van der Waals surface area contributed by atoms with E-state index < -0.39 is 0 Å². The van der Waals surface area contributed by atoms with Crippen molar-refractivity contribution < 1.29 is 4.52 Å². The molecule has 0 bridgehead atoms. The lowest BCUT2D eigenvalue weighted by molar-refractivity contribution is 0.347. The Balaban J connectivity index is 1.64. The van der Waals surface area contributed by atoms with Crippen LogP contribution in [-0.2, 0) is 6.42 Å². The van der Waals surface area contributed by atoms with Gasteiger partial charge in [-0.15, -0.1) is 0 Å². The van der Waals surface area contributed by atoms with Gasteiger partial charge in [-0.1, -0.05) is 48.8 Å². The third-order valence-corrected chi connectivity index (χ3v) is 4.56. The molecule has 0 aliphatic heterocycles. The molecule has 2 N–H and O–H groups in total. The highest BCUT2D eigenvalue weighted by Gasteiger charge is 2.29. The zero-order valence-corrected chi connectivity index (χ0v) is 12.5. The molecule has 1 aliphatic rings. The highest BCUT2D eigenvalue weighted by molar-refractivity contribution is 5.17. The first-order valence-corrected chi connectivity index (χ1v) is 7.89. The topological polar surface area (TPSA) is 64.9 Å². The van der Waals surface area contributed by atoms with Crippen LogP contribution in [0.5, 0.6) is 0 Å². The molecule has 1 aliphatic carbocycles. The monoisotopic (exact) mass is 285 g/mol. The van der Waals surface area contributed by atoms with Crippen LogP contribution in [0.4, 0.5) is 0 Å². The van der Waals surface area contributed by atoms with Gasteiger partial charge in [0.2, 0.25) is 5.89 Å². The fourth-order valence-electron chi connectivity index (χ4n) is 3.20. The van der Waals surface area contributed by atoms with Crippen LogP contribution < -0.4 is 5.73 Å². The average Bonchev–Trinajstić information content (AvgIpc) is 3.17. The predicted molar refractivity (Wildman–Crippen MR) is 81.7 cm³/mol. The van der Waals surface area contributed by atoms with Gasteiger partial charge in [-0.25, -0.2) is 0 Å². The van der Waals surface area contributed by atoms with E-state index in [1.165, 1.54) is 31.2 Å². The molecule has 2 aromatic rings. The Morgan fingerprint density at radius 1 is 1.29 bits per heavy atom. The third-order valence-electron chi connectivity index (χ3n) is 4.56. The molecule has 3 rings (SSSR count). The molecule has 1 aromatic carbocycles. The lowest BCUT2D eigenvalue weighted by atomic mass is 10.0. The van der Waals surface area contributed by atoms with Crippen molar-refractivity contribution in [3.63, 3.8) is 0 Å². The molecule has 0 spiro atoms. The summed E-state index contributed by atoms with van der Waals surface area (Å²) in [4.78, 5) is 4.55. The molecule has 1 heterocycles. The number of hydrogen-bond acceptors (Lipinski definition) is 4. The minimum Gasteiger partial charge on any atom is -0.338 e. The van der Waals surface area contributed by atoms with Gasteiger partial charge in [0.25, 0.3) is 0 Å². The number of nitrogens with two attached hydrogens (primary N) is 1.